The van der Waals surface area contributed by atoms with Gasteiger partial charge in [0.15, 0.2) is 5.70 Å². The number of rotatable bonds is 3. The Labute approximate surface area is 137 Å². The van der Waals surface area contributed by atoms with Gasteiger partial charge in [0.05, 0.1) is 0 Å². The average Bonchev–Trinajstić information content (AvgIpc) is 2.88. The molecule has 1 aliphatic heterocycles. The van der Waals surface area contributed by atoms with Crippen molar-refractivity contribution >= 4 is 17.9 Å². The van der Waals surface area contributed by atoms with E-state index in [0.717, 1.165) is 29.3 Å². The maximum atomic E-state index is 13.3. The average molecular weight is 325 g/mol. The molecule has 0 saturated heterocycles. The van der Waals surface area contributed by atoms with Crippen LogP contribution in [0.1, 0.15) is 18.1 Å². The van der Waals surface area contributed by atoms with Gasteiger partial charge >= 0.3 is 5.97 Å². The zero-order chi connectivity index (χ0) is 17.1. The number of allylic oxidation sites excluding steroid dienone is 2. The standard InChI is InChI=1S/C19H13F2NO2/c1-12(7-13-5-3-2-4-6-13)8-17-19(23)24-18(22-17)14-9-15(20)11-16(21)10-14/h2-11H,1H3. The van der Waals surface area contributed by atoms with E-state index >= 15 is 0 Å². The largest absolute Gasteiger partial charge is 0.402 e. The topological polar surface area (TPSA) is 38.7 Å². The van der Waals surface area contributed by atoms with Crippen molar-refractivity contribution in [2.45, 2.75) is 6.92 Å². The van der Waals surface area contributed by atoms with E-state index in [2.05, 4.69) is 4.99 Å². The molecular formula is C19H13F2NO2. The number of esters is 1. The van der Waals surface area contributed by atoms with Crippen molar-refractivity contribution < 1.29 is 18.3 Å². The predicted molar refractivity (Wildman–Crippen MR) is 87.2 cm³/mol. The molecule has 120 valence electrons. The molecule has 0 fully saturated rings. The fraction of sp³-hybridized carbons (Fsp3) is 0.0526. The Hall–Kier alpha value is -3.08. The van der Waals surface area contributed by atoms with Crippen molar-refractivity contribution in [1.29, 1.82) is 0 Å². The van der Waals surface area contributed by atoms with Gasteiger partial charge < -0.3 is 4.74 Å². The van der Waals surface area contributed by atoms with E-state index in [4.69, 9.17) is 4.74 Å². The van der Waals surface area contributed by atoms with Crippen molar-refractivity contribution in [2.75, 3.05) is 0 Å². The highest BCUT2D eigenvalue weighted by Gasteiger charge is 2.24. The molecule has 0 aliphatic carbocycles. The summed E-state index contributed by atoms with van der Waals surface area (Å²) in [4.78, 5) is 15.9. The maximum absolute atomic E-state index is 13.3. The van der Waals surface area contributed by atoms with E-state index in [9.17, 15) is 13.6 Å². The summed E-state index contributed by atoms with van der Waals surface area (Å²) in [6.07, 6.45) is 3.45. The van der Waals surface area contributed by atoms with E-state index in [0.29, 0.717) is 0 Å². The molecule has 0 bridgehead atoms. The van der Waals surface area contributed by atoms with Gasteiger partial charge in [0.2, 0.25) is 5.90 Å². The van der Waals surface area contributed by atoms with Gasteiger partial charge in [0.1, 0.15) is 11.6 Å². The highest BCUT2D eigenvalue weighted by Crippen LogP contribution is 2.20. The Morgan fingerprint density at radius 2 is 1.75 bits per heavy atom. The Bertz CT molecular complexity index is 863. The van der Waals surface area contributed by atoms with E-state index in [1.165, 1.54) is 0 Å². The van der Waals surface area contributed by atoms with E-state index < -0.39 is 17.6 Å². The van der Waals surface area contributed by atoms with Gasteiger partial charge in [-0.3, -0.25) is 0 Å². The molecule has 0 aromatic heterocycles. The Kier molecular flexibility index (Phi) is 4.33. The Morgan fingerprint density at radius 3 is 2.42 bits per heavy atom. The number of halogens is 2. The highest BCUT2D eigenvalue weighted by atomic mass is 19.1. The molecule has 2 aromatic rings. The van der Waals surface area contributed by atoms with Gasteiger partial charge in [-0.1, -0.05) is 36.4 Å². The van der Waals surface area contributed by atoms with Crippen molar-refractivity contribution in [2.24, 2.45) is 4.99 Å². The third kappa shape index (κ3) is 3.63. The van der Waals surface area contributed by atoms with Crippen LogP contribution in [0, 0.1) is 11.6 Å². The summed E-state index contributed by atoms with van der Waals surface area (Å²) in [6, 6.07) is 12.4. The van der Waals surface area contributed by atoms with Crippen LogP contribution in [-0.2, 0) is 9.53 Å². The molecule has 1 heterocycles. The lowest BCUT2D eigenvalue weighted by Crippen LogP contribution is -2.06. The van der Waals surface area contributed by atoms with Crippen LogP contribution in [0.5, 0.6) is 0 Å². The molecule has 0 unspecified atom stereocenters. The van der Waals surface area contributed by atoms with Crippen LogP contribution in [0.4, 0.5) is 8.78 Å². The third-order valence-electron chi connectivity index (χ3n) is 3.29. The first kappa shape index (κ1) is 15.8. The van der Waals surface area contributed by atoms with Gasteiger partial charge in [0.25, 0.3) is 0 Å². The van der Waals surface area contributed by atoms with E-state index in [1.807, 2.05) is 43.3 Å². The molecule has 1 aliphatic rings. The number of benzene rings is 2. The second-order valence-electron chi connectivity index (χ2n) is 5.29. The van der Waals surface area contributed by atoms with Crippen LogP contribution in [0.2, 0.25) is 0 Å². The van der Waals surface area contributed by atoms with Crippen molar-refractivity contribution in [3.05, 3.63) is 88.6 Å². The smallest absolute Gasteiger partial charge is 0.363 e. The van der Waals surface area contributed by atoms with Gasteiger partial charge in [-0.05, 0) is 36.3 Å². The van der Waals surface area contributed by atoms with Crippen molar-refractivity contribution in [3.8, 4) is 0 Å². The minimum Gasteiger partial charge on any atom is -0.402 e. The molecule has 5 heteroatoms. The number of cyclic esters (lactones) is 1. The van der Waals surface area contributed by atoms with Crippen LogP contribution in [-0.4, -0.2) is 11.9 Å². The molecule has 0 N–H and O–H groups in total. The number of ether oxygens (including phenoxy) is 1. The number of aliphatic imine (C=N–C) groups is 1. The highest BCUT2D eigenvalue weighted by molar-refractivity contribution is 6.11. The Balaban J connectivity index is 1.90. The normalized spacial score (nSPS) is 16.3. The first-order chi connectivity index (χ1) is 11.5. The number of hydrogen-bond acceptors (Lipinski definition) is 3. The van der Waals surface area contributed by atoms with Crippen molar-refractivity contribution in [3.63, 3.8) is 0 Å². The molecule has 3 rings (SSSR count). The lowest BCUT2D eigenvalue weighted by molar-refractivity contribution is -0.130. The fourth-order valence-electron chi connectivity index (χ4n) is 2.28. The minimum absolute atomic E-state index is 0.0777. The minimum atomic E-state index is -0.763. The number of carbonyl (C=O) groups is 1. The van der Waals surface area contributed by atoms with Crippen LogP contribution in [0.15, 0.2) is 70.9 Å². The summed E-state index contributed by atoms with van der Waals surface area (Å²) in [5, 5.41) is 0. The first-order valence-electron chi connectivity index (χ1n) is 7.23. The first-order valence-corrected chi connectivity index (χ1v) is 7.23. The molecule has 0 atom stereocenters. The van der Waals surface area contributed by atoms with Gasteiger partial charge in [0, 0.05) is 11.6 Å². The van der Waals surface area contributed by atoms with Crippen LogP contribution < -0.4 is 0 Å². The van der Waals surface area contributed by atoms with Gasteiger partial charge in [-0.15, -0.1) is 0 Å². The zero-order valence-electron chi connectivity index (χ0n) is 12.8. The molecule has 24 heavy (non-hydrogen) atoms. The third-order valence-corrected chi connectivity index (χ3v) is 3.29. The summed E-state index contributed by atoms with van der Waals surface area (Å²) in [6.45, 7) is 1.82. The zero-order valence-corrected chi connectivity index (χ0v) is 12.8. The van der Waals surface area contributed by atoms with Crippen molar-refractivity contribution in [1.82, 2.24) is 0 Å². The van der Waals surface area contributed by atoms with Gasteiger partial charge in [-0.25, -0.2) is 18.6 Å². The molecule has 0 spiro atoms. The molecular weight excluding hydrogens is 312 g/mol. The van der Waals surface area contributed by atoms with E-state index in [-0.39, 0.29) is 17.2 Å². The van der Waals surface area contributed by atoms with Crippen LogP contribution in [0.3, 0.4) is 0 Å². The number of hydrogen-bond donors (Lipinski definition) is 0. The second kappa shape index (κ2) is 6.58. The summed E-state index contributed by atoms with van der Waals surface area (Å²) in [5.74, 6) is -2.30. The van der Waals surface area contributed by atoms with Crippen LogP contribution in [0.25, 0.3) is 6.08 Å². The quantitative estimate of drug-likeness (QED) is 0.625. The summed E-state index contributed by atoms with van der Waals surface area (Å²) in [7, 11) is 0. The summed E-state index contributed by atoms with van der Waals surface area (Å²) >= 11 is 0. The van der Waals surface area contributed by atoms with E-state index in [1.54, 1.807) is 6.08 Å². The molecule has 0 radical (unpaired) electrons. The second-order valence-corrected chi connectivity index (χ2v) is 5.29. The maximum Gasteiger partial charge on any atom is 0.363 e. The lowest BCUT2D eigenvalue weighted by atomic mass is 10.1. The monoisotopic (exact) mass is 325 g/mol. The van der Waals surface area contributed by atoms with Gasteiger partial charge in [-0.2, -0.15) is 0 Å². The summed E-state index contributed by atoms with van der Waals surface area (Å²) < 4.78 is 31.5. The number of nitrogens with zero attached hydrogens (tertiary/aromatic N) is 1. The summed E-state index contributed by atoms with van der Waals surface area (Å²) in [5.41, 5.74) is 1.94. The number of carbonyl (C=O) groups excluding carboxylic acids is 1. The predicted octanol–water partition coefficient (Wildman–Crippen LogP) is 4.26. The molecule has 0 amide bonds. The lowest BCUT2D eigenvalue weighted by Gasteiger charge is -1.99. The SMILES string of the molecule is CC(=Cc1ccccc1)C=C1N=C(c2cc(F)cc(F)c2)OC1=O. The van der Waals surface area contributed by atoms with Crippen LogP contribution >= 0.6 is 0 Å². The molecule has 2 aromatic carbocycles. The fourth-order valence-corrected chi connectivity index (χ4v) is 2.28. The molecule has 0 saturated carbocycles. The molecule has 3 nitrogen and oxygen atoms in total. The Morgan fingerprint density at radius 1 is 1.08 bits per heavy atom.